The Morgan fingerprint density at radius 1 is 1.10 bits per heavy atom. The molecule has 2 heteroatoms. The Bertz CT molecular complexity index is 162. The SMILES string of the molecule is [Cl-].[SH2+]CCc1ccccc1. The maximum absolute atomic E-state index is 3.43. The van der Waals surface area contributed by atoms with Gasteiger partial charge in [0.2, 0.25) is 0 Å². The molecule has 0 aromatic heterocycles. The topological polar surface area (TPSA) is 0 Å². The summed E-state index contributed by atoms with van der Waals surface area (Å²) in [5.74, 6) is 1.05. The average Bonchev–Trinajstić information content (AvgIpc) is 1.91. The number of rotatable bonds is 2. The zero-order valence-electron chi connectivity index (χ0n) is 5.68. The summed E-state index contributed by atoms with van der Waals surface area (Å²) in [6.07, 6.45) is 1.12. The molecule has 0 unspecified atom stereocenters. The molecule has 0 aliphatic carbocycles. The molecule has 0 saturated heterocycles. The Labute approximate surface area is 73.5 Å². The van der Waals surface area contributed by atoms with Crippen LogP contribution in [0.1, 0.15) is 5.56 Å². The highest BCUT2D eigenvalue weighted by molar-refractivity contribution is 7.58. The van der Waals surface area contributed by atoms with Gasteiger partial charge in [0.1, 0.15) is 5.75 Å². The van der Waals surface area contributed by atoms with Gasteiger partial charge in [0.25, 0.3) is 0 Å². The van der Waals surface area contributed by atoms with Crippen molar-refractivity contribution in [3.63, 3.8) is 0 Å². The molecule has 1 rings (SSSR count). The summed E-state index contributed by atoms with van der Waals surface area (Å²) in [6, 6.07) is 10.5. The fourth-order valence-corrected chi connectivity index (χ4v) is 1.08. The predicted molar refractivity (Wildman–Crippen MR) is 45.2 cm³/mol. The van der Waals surface area contributed by atoms with Crippen molar-refractivity contribution in [2.45, 2.75) is 6.42 Å². The lowest BCUT2D eigenvalue weighted by atomic mass is 10.2. The molecule has 0 bridgehead atoms. The van der Waals surface area contributed by atoms with E-state index in [0.29, 0.717) is 0 Å². The second-order valence-corrected chi connectivity index (χ2v) is 2.49. The first-order valence-electron chi connectivity index (χ1n) is 3.12. The molecule has 0 aliphatic rings. The maximum Gasteiger partial charge on any atom is 0.107 e. The van der Waals surface area contributed by atoms with Gasteiger partial charge in [-0.15, -0.1) is 0 Å². The Hall–Kier alpha value is -0.140. The van der Waals surface area contributed by atoms with Gasteiger partial charge in [-0.3, -0.25) is 0 Å². The van der Waals surface area contributed by atoms with Crippen LogP contribution in [0.15, 0.2) is 30.3 Å². The molecule has 56 valence electrons. The minimum atomic E-state index is 0. The third-order valence-electron chi connectivity index (χ3n) is 1.26. The zero-order valence-corrected chi connectivity index (χ0v) is 7.43. The lowest BCUT2D eigenvalue weighted by molar-refractivity contribution is -0.00000175. The lowest BCUT2D eigenvalue weighted by Crippen LogP contribution is -3.00. The van der Waals surface area contributed by atoms with Crippen molar-refractivity contribution >= 4 is 12.6 Å². The first-order valence-corrected chi connectivity index (χ1v) is 3.82. The standard InChI is InChI=1S/C8H10S.ClH/c9-7-6-8-4-2-1-3-5-8;/h1-5,9H,6-7H2;1H. The molecular formula is C8H11ClS. The van der Waals surface area contributed by atoms with Gasteiger partial charge in [-0.25, -0.2) is 0 Å². The fourth-order valence-electron chi connectivity index (χ4n) is 0.789. The summed E-state index contributed by atoms with van der Waals surface area (Å²) >= 11 is 3.43. The second kappa shape index (κ2) is 5.63. The van der Waals surface area contributed by atoms with Crippen LogP contribution in [0.4, 0.5) is 0 Å². The first kappa shape index (κ1) is 9.86. The van der Waals surface area contributed by atoms with E-state index in [-0.39, 0.29) is 12.4 Å². The summed E-state index contributed by atoms with van der Waals surface area (Å²) in [6.45, 7) is 0. The van der Waals surface area contributed by atoms with Crippen molar-refractivity contribution in [3.05, 3.63) is 35.9 Å². The number of hydrogen-bond acceptors (Lipinski definition) is 0. The minimum Gasteiger partial charge on any atom is -1.00 e. The van der Waals surface area contributed by atoms with Gasteiger partial charge >= 0.3 is 0 Å². The molecule has 0 N–H and O–H groups in total. The molecule has 0 aliphatic heterocycles. The number of hydrogen-bond donors (Lipinski definition) is 0. The van der Waals surface area contributed by atoms with Gasteiger partial charge < -0.3 is 12.4 Å². The third-order valence-corrected chi connectivity index (χ3v) is 1.51. The van der Waals surface area contributed by atoms with Crippen LogP contribution in [0.2, 0.25) is 0 Å². The van der Waals surface area contributed by atoms with E-state index in [2.05, 4.69) is 36.9 Å². The molecule has 0 saturated carbocycles. The quantitative estimate of drug-likeness (QED) is 0.467. The van der Waals surface area contributed by atoms with Gasteiger partial charge in [-0.05, 0) is 18.2 Å². The van der Waals surface area contributed by atoms with Gasteiger partial charge in [0.05, 0.1) is 0 Å². The van der Waals surface area contributed by atoms with Crippen LogP contribution < -0.4 is 12.4 Å². The highest BCUT2D eigenvalue weighted by atomic mass is 35.5. The van der Waals surface area contributed by atoms with E-state index >= 15 is 0 Å². The van der Waals surface area contributed by atoms with Crippen molar-refractivity contribution in [2.75, 3.05) is 5.75 Å². The van der Waals surface area contributed by atoms with E-state index in [1.165, 1.54) is 5.56 Å². The molecule has 10 heavy (non-hydrogen) atoms. The molecule has 0 atom stereocenters. The molecule has 0 heterocycles. The minimum absolute atomic E-state index is 0. The molecule has 0 radical (unpaired) electrons. The van der Waals surface area contributed by atoms with E-state index in [4.69, 9.17) is 0 Å². The highest BCUT2D eigenvalue weighted by Crippen LogP contribution is 1.97. The van der Waals surface area contributed by atoms with Crippen LogP contribution in [0.3, 0.4) is 0 Å². The average molecular weight is 175 g/mol. The summed E-state index contributed by atoms with van der Waals surface area (Å²) in [4.78, 5) is 0. The van der Waals surface area contributed by atoms with E-state index < -0.39 is 0 Å². The Morgan fingerprint density at radius 3 is 2.20 bits per heavy atom. The molecule has 0 nitrogen and oxygen atoms in total. The third kappa shape index (κ3) is 3.14. The molecule has 0 spiro atoms. The summed E-state index contributed by atoms with van der Waals surface area (Å²) < 4.78 is 0. The van der Waals surface area contributed by atoms with Crippen molar-refractivity contribution in [3.8, 4) is 0 Å². The van der Waals surface area contributed by atoms with E-state index in [1.807, 2.05) is 6.07 Å². The van der Waals surface area contributed by atoms with Crippen LogP contribution in [0.5, 0.6) is 0 Å². The number of halogens is 1. The monoisotopic (exact) mass is 174 g/mol. The van der Waals surface area contributed by atoms with Gasteiger partial charge in [0.15, 0.2) is 0 Å². The van der Waals surface area contributed by atoms with E-state index in [0.717, 1.165) is 12.2 Å². The first-order chi connectivity index (χ1) is 4.43. The van der Waals surface area contributed by atoms with Gasteiger partial charge in [-0.2, -0.15) is 0 Å². The summed E-state index contributed by atoms with van der Waals surface area (Å²) in [5.41, 5.74) is 1.40. The van der Waals surface area contributed by atoms with Crippen molar-refractivity contribution in [1.29, 1.82) is 0 Å². The summed E-state index contributed by atoms with van der Waals surface area (Å²) in [7, 11) is 0. The largest absolute Gasteiger partial charge is 1.00 e. The predicted octanol–water partition coefficient (Wildman–Crippen LogP) is -1.76. The van der Waals surface area contributed by atoms with Crippen molar-refractivity contribution in [1.82, 2.24) is 0 Å². The van der Waals surface area contributed by atoms with Crippen LogP contribution >= 0.6 is 0 Å². The molecule has 1 aromatic rings. The smallest absolute Gasteiger partial charge is 0.107 e. The Morgan fingerprint density at radius 2 is 1.70 bits per heavy atom. The number of benzene rings is 1. The Balaban J connectivity index is 0.000000810. The molecule has 0 fully saturated rings. The van der Waals surface area contributed by atoms with Crippen molar-refractivity contribution in [2.24, 2.45) is 0 Å². The summed E-state index contributed by atoms with van der Waals surface area (Å²) in [5, 5.41) is 0. The normalized spacial score (nSPS) is 8.50. The molecule has 1 aromatic carbocycles. The zero-order chi connectivity index (χ0) is 6.53. The van der Waals surface area contributed by atoms with E-state index in [1.54, 1.807) is 0 Å². The lowest BCUT2D eigenvalue weighted by Gasteiger charge is -1.91. The van der Waals surface area contributed by atoms with Gasteiger partial charge in [0, 0.05) is 6.42 Å². The van der Waals surface area contributed by atoms with Crippen LogP contribution in [-0.2, 0) is 19.0 Å². The number of aryl methyl sites for hydroxylation is 1. The maximum atomic E-state index is 3.43. The Kier molecular flexibility index (Phi) is 5.55. The fraction of sp³-hybridized carbons (Fsp3) is 0.250. The van der Waals surface area contributed by atoms with Crippen LogP contribution in [-0.4, -0.2) is 5.75 Å². The van der Waals surface area contributed by atoms with Gasteiger partial charge in [-0.1, -0.05) is 30.3 Å². The van der Waals surface area contributed by atoms with Crippen molar-refractivity contribution < 1.29 is 12.4 Å². The molecular weight excluding hydrogens is 164 g/mol. The van der Waals surface area contributed by atoms with Crippen LogP contribution in [0.25, 0.3) is 0 Å². The molecule has 0 amide bonds. The van der Waals surface area contributed by atoms with E-state index in [9.17, 15) is 0 Å². The highest BCUT2D eigenvalue weighted by Gasteiger charge is 1.87. The second-order valence-electron chi connectivity index (χ2n) is 1.99. The van der Waals surface area contributed by atoms with Crippen LogP contribution in [0, 0.1) is 0 Å².